The molecule has 0 unspecified atom stereocenters. The predicted molar refractivity (Wildman–Crippen MR) is 77.6 cm³/mol. The lowest BCUT2D eigenvalue weighted by molar-refractivity contribution is -0.117. The minimum absolute atomic E-state index is 0.0801. The van der Waals surface area contributed by atoms with Crippen molar-refractivity contribution in [3.63, 3.8) is 0 Å². The number of hydrogen-bond donors (Lipinski definition) is 2. The summed E-state index contributed by atoms with van der Waals surface area (Å²) in [7, 11) is 0. The van der Waals surface area contributed by atoms with Crippen LogP contribution in [0.4, 0.5) is 5.69 Å². The van der Waals surface area contributed by atoms with Gasteiger partial charge in [0.05, 0.1) is 0 Å². The number of nitrogens with one attached hydrogen (secondary N) is 2. The van der Waals surface area contributed by atoms with E-state index < -0.39 is 0 Å². The lowest BCUT2D eigenvalue weighted by Crippen LogP contribution is -2.30. The lowest BCUT2D eigenvalue weighted by Gasteiger charge is -2.21. The fourth-order valence-corrected chi connectivity index (χ4v) is 2.68. The van der Waals surface area contributed by atoms with Crippen molar-refractivity contribution in [2.75, 3.05) is 18.4 Å². The van der Waals surface area contributed by atoms with Crippen molar-refractivity contribution in [2.45, 2.75) is 26.2 Å². The first-order valence-electron chi connectivity index (χ1n) is 7.08. The van der Waals surface area contributed by atoms with Gasteiger partial charge in [-0.05, 0) is 50.0 Å². The van der Waals surface area contributed by atoms with Gasteiger partial charge in [-0.2, -0.15) is 0 Å². The Balaban J connectivity index is 1.64. The molecule has 0 atom stereocenters. The molecule has 5 nitrogen and oxygen atoms in total. The van der Waals surface area contributed by atoms with Gasteiger partial charge in [0.1, 0.15) is 5.52 Å². The van der Waals surface area contributed by atoms with E-state index in [0.717, 1.165) is 42.7 Å². The van der Waals surface area contributed by atoms with Crippen LogP contribution < -0.4 is 10.6 Å². The topological polar surface area (TPSA) is 67.2 Å². The van der Waals surface area contributed by atoms with Crippen LogP contribution >= 0.6 is 0 Å². The molecule has 1 aliphatic rings. The van der Waals surface area contributed by atoms with Crippen LogP contribution in [-0.2, 0) is 4.79 Å². The number of hydrogen-bond acceptors (Lipinski definition) is 4. The Hall–Kier alpha value is -1.88. The van der Waals surface area contributed by atoms with E-state index in [0.29, 0.717) is 18.2 Å². The molecule has 1 fully saturated rings. The highest BCUT2D eigenvalue weighted by atomic mass is 16.3. The van der Waals surface area contributed by atoms with Crippen molar-refractivity contribution in [2.24, 2.45) is 5.92 Å². The van der Waals surface area contributed by atoms with Gasteiger partial charge >= 0.3 is 0 Å². The highest BCUT2D eigenvalue weighted by molar-refractivity contribution is 5.92. The van der Waals surface area contributed by atoms with Crippen molar-refractivity contribution in [3.8, 4) is 0 Å². The Bertz CT molecular complexity index is 615. The third kappa shape index (κ3) is 2.99. The summed E-state index contributed by atoms with van der Waals surface area (Å²) in [5.41, 5.74) is 2.31. The molecule has 0 spiro atoms. The molecule has 1 amide bonds. The predicted octanol–water partition coefficient (Wildman–Crippen LogP) is 2.46. The minimum atomic E-state index is 0.0801. The smallest absolute Gasteiger partial charge is 0.224 e. The largest absolute Gasteiger partial charge is 0.441 e. The molecular weight excluding hydrogens is 254 g/mol. The maximum atomic E-state index is 12.0. The van der Waals surface area contributed by atoms with E-state index in [1.807, 2.05) is 25.1 Å². The van der Waals surface area contributed by atoms with E-state index in [4.69, 9.17) is 4.42 Å². The van der Waals surface area contributed by atoms with Crippen LogP contribution in [0.5, 0.6) is 0 Å². The molecule has 2 heterocycles. The van der Waals surface area contributed by atoms with Gasteiger partial charge in [0, 0.05) is 19.0 Å². The van der Waals surface area contributed by atoms with Crippen molar-refractivity contribution in [1.29, 1.82) is 0 Å². The number of oxazole rings is 1. The molecule has 2 N–H and O–H groups in total. The Morgan fingerprint density at radius 1 is 1.45 bits per heavy atom. The van der Waals surface area contributed by atoms with E-state index in [1.54, 1.807) is 0 Å². The number of nitrogens with zero attached hydrogens (tertiary/aromatic N) is 1. The van der Waals surface area contributed by atoms with Gasteiger partial charge in [-0.3, -0.25) is 4.79 Å². The first kappa shape index (κ1) is 13.1. The molecule has 106 valence electrons. The van der Waals surface area contributed by atoms with Gasteiger partial charge < -0.3 is 15.1 Å². The second-order valence-corrected chi connectivity index (χ2v) is 5.36. The van der Waals surface area contributed by atoms with Crippen LogP contribution in [0.2, 0.25) is 0 Å². The van der Waals surface area contributed by atoms with Crippen LogP contribution in [0.15, 0.2) is 22.6 Å². The number of carbonyl (C=O) groups excluding carboxylic acids is 1. The zero-order chi connectivity index (χ0) is 13.9. The summed E-state index contributed by atoms with van der Waals surface area (Å²) in [4.78, 5) is 16.3. The third-order valence-corrected chi connectivity index (χ3v) is 3.71. The fourth-order valence-electron chi connectivity index (χ4n) is 2.68. The number of piperidine rings is 1. The molecule has 1 aliphatic heterocycles. The van der Waals surface area contributed by atoms with E-state index in [2.05, 4.69) is 15.6 Å². The Kier molecular flexibility index (Phi) is 3.69. The number of rotatable bonds is 3. The van der Waals surface area contributed by atoms with Crippen molar-refractivity contribution >= 4 is 22.7 Å². The quantitative estimate of drug-likeness (QED) is 0.901. The second-order valence-electron chi connectivity index (χ2n) is 5.36. The number of benzene rings is 1. The second kappa shape index (κ2) is 5.63. The highest BCUT2D eigenvalue weighted by Crippen LogP contribution is 2.21. The average Bonchev–Trinajstić information content (AvgIpc) is 2.79. The van der Waals surface area contributed by atoms with Gasteiger partial charge in [-0.25, -0.2) is 4.98 Å². The van der Waals surface area contributed by atoms with E-state index in [9.17, 15) is 4.79 Å². The summed E-state index contributed by atoms with van der Waals surface area (Å²) in [5, 5.41) is 6.26. The summed E-state index contributed by atoms with van der Waals surface area (Å²) in [5.74, 6) is 1.21. The zero-order valence-electron chi connectivity index (χ0n) is 11.6. The SMILES string of the molecule is Cc1nc2cc(NC(=O)CC3CCNCC3)ccc2o1. The molecule has 5 heteroatoms. The number of anilines is 1. The number of carbonyl (C=O) groups is 1. The van der Waals surface area contributed by atoms with Crippen LogP contribution in [-0.4, -0.2) is 24.0 Å². The standard InChI is InChI=1S/C15H19N3O2/c1-10-17-13-9-12(2-3-14(13)20-10)18-15(19)8-11-4-6-16-7-5-11/h2-3,9,11,16H,4-8H2,1H3,(H,18,19). The maximum absolute atomic E-state index is 12.0. The summed E-state index contributed by atoms with van der Waals surface area (Å²) in [6, 6.07) is 5.55. The average molecular weight is 273 g/mol. The third-order valence-electron chi connectivity index (χ3n) is 3.71. The van der Waals surface area contributed by atoms with Gasteiger partial charge in [-0.15, -0.1) is 0 Å². The molecule has 1 aromatic carbocycles. The number of aromatic nitrogens is 1. The molecule has 0 radical (unpaired) electrons. The summed E-state index contributed by atoms with van der Waals surface area (Å²) < 4.78 is 5.42. The summed E-state index contributed by atoms with van der Waals surface area (Å²) in [6.45, 7) is 3.85. The Labute approximate surface area is 117 Å². The normalized spacial score (nSPS) is 16.4. The van der Waals surface area contributed by atoms with Crippen molar-refractivity contribution in [3.05, 3.63) is 24.1 Å². The molecule has 3 rings (SSSR count). The molecule has 0 aliphatic carbocycles. The molecule has 2 aromatic rings. The summed E-state index contributed by atoms with van der Waals surface area (Å²) in [6.07, 6.45) is 2.75. The first-order valence-corrected chi connectivity index (χ1v) is 7.08. The molecule has 1 saturated heterocycles. The first-order chi connectivity index (χ1) is 9.70. The van der Waals surface area contributed by atoms with Crippen molar-refractivity contribution < 1.29 is 9.21 Å². The van der Waals surface area contributed by atoms with Gasteiger partial charge in [0.2, 0.25) is 5.91 Å². The molecule has 0 bridgehead atoms. The Morgan fingerprint density at radius 2 is 2.25 bits per heavy atom. The van der Waals surface area contributed by atoms with E-state index in [-0.39, 0.29) is 5.91 Å². The van der Waals surface area contributed by atoms with E-state index in [1.165, 1.54) is 0 Å². The monoisotopic (exact) mass is 273 g/mol. The van der Waals surface area contributed by atoms with Crippen LogP contribution in [0.3, 0.4) is 0 Å². The molecular formula is C15H19N3O2. The minimum Gasteiger partial charge on any atom is -0.441 e. The molecule has 0 saturated carbocycles. The zero-order valence-corrected chi connectivity index (χ0v) is 11.6. The maximum Gasteiger partial charge on any atom is 0.224 e. The van der Waals surface area contributed by atoms with E-state index >= 15 is 0 Å². The fraction of sp³-hybridized carbons (Fsp3) is 0.467. The number of fused-ring (bicyclic) bond motifs is 1. The molecule has 20 heavy (non-hydrogen) atoms. The lowest BCUT2D eigenvalue weighted by atomic mass is 9.94. The van der Waals surface area contributed by atoms with Crippen molar-refractivity contribution in [1.82, 2.24) is 10.3 Å². The summed E-state index contributed by atoms with van der Waals surface area (Å²) >= 11 is 0. The van der Waals surface area contributed by atoms with Crippen LogP contribution in [0, 0.1) is 12.8 Å². The van der Waals surface area contributed by atoms with Crippen LogP contribution in [0.1, 0.15) is 25.2 Å². The van der Waals surface area contributed by atoms with Crippen LogP contribution in [0.25, 0.3) is 11.1 Å². The van der Waals surface area contributed by atoms with Gasteiger partial charge in [0.25, 0.3) is 0 Å². The van der Waals surface area contributed by atoms with Gasteiger partial charge in [0.15, 0.2) is 11.5 Å². The Morgan fingerprint density at radius 3 is 3.05 bits per heavy atom. The molecule has 1 aromatic heterocycles. The number of aryl methyl sites for hydroxylation is 1. The highest BCUT2D eigenvalue weighted by Gasteiger charge is 2.17. The van der Waals surface area contributed by atoms with Gasteiger partial charge in [-0.1, -0.05) is 0 Å². The number of amides is 1.